The van der Waals surface area contributed by atoms with E-state index in [1.54, 1.807) is 0 Å². The molecule has 0 bridgehead atoms. The van der Waals surface area contributed by atoms with Crippen molar-refractivity contribution < 1.29 is 15.9 Å². The molecule has 0 aliphatic heterocycles. The topological polar surface area (TPSA) is 52.0 Å². The summed E-state index contributed by atoms with van der Waals surface area (Å²) in [6, 6.07) is 0. The van der Waals surface area contributed by atoms with E-state index in [2.05, 4.69) is 7.57 Å². The Labute approximate surface area is 33.1 Å². The summed E-state index contributed by atoms with van der Waals surface area (Å²) in [6.07, 6.45) is 0. The van der Waals surface area contributed by atoms with Crippen LogP contribution in [0.15, 0.2) is 0 Å². The molecule has 0 saturated carbocycles. The van der Waals surface area contributed by atoms with E-state index < -0.39 is 15.9 Å². The standard InChI is InChI=1S/2H2N.H2P.Ru/h3*1H2;/q3*-1;+3. The summed E-state index contributed by atoms with van der Waals surface area (Å²) in [7, 11) is 2.36. The van der Waals surface area contributed by atoms with Crippen LogP contribution < -0.4 is 8.95 Å². The average Bonchev–Trinajstić information content (AvgIpc) is 0.811. The molecule has 0 aromatic rings. The molecule has 0 radical (unpaired) electrons. The van der Waals surface area contributed by atoms with Crippen LogP contribution in [0, 0.1) is 0 Å². The molecule has 0 saturated heterocycles. The van der Waals surface area contributed by atoms with Gasteiger partial charge in [0.25, 0.3) is 0 Å². The van der Waals surface area contributed by atoms with Crippen molar-refractivity contribution in [2.45, 2.75) is 0 Å². The third kappa shape index (κ3) is 12.2. The summed E-state index contributed by atoms with van der Waals surface area (Å²) in [4.78, 5) is 0. The van der Waals surface area contributed by atoms with Crippen LogP contribution in [0.3, 0.4) is 0 Å². The third-order valence-electron chi connectivity index (χ3n) is 0. The normalized spacial score (nSPS) is 11.2. The molecule has 0 aromatic carbocycles. The fourth-order valence-corrected chi connectivity index (χ4v) is 0. The van der Waals surface area contributed by atoms with Crippen LogP contribution in [0.4, 0.5) is 0 Å². The molecule has 1 atom stereocenters. The van der Waals surface area contributed by atoms with Gasteiger partial charge in [-0.3, -0.25) is 0 Å². The SMILES string of the molecule is [NH2][Ru]([NH2])[PH2]. The van der Waals surface area contributed by atoms with Gasteiger partial charge in [-0.25, -0.2) is 0 Å². The average molecular weight is 166 g/mol. The van der Waals surface area contributed by atoms with Gasteiger partial charge in [-0.15, -0.1) is 0 Å². The minimum absolute atomic E-state index is 1.25. The van der Waals surface area contributed by atoms with Crippen molar-refractivity contribution in [2.24, 2.45) is 8.95 Å². The molecule has 0 amide bonds. The van der Waals surface area contributed by atoms with Crippen LogP contribution in [-0.4, -0.2) is 0 Å². The van der Waals surface area contributed by atoms with E-state index in [0.717, 1.165) is 0 Å². The maximum atomic E-state index is 5.00. The van der Waals surface area contributed by atoms with Crippen LogP contribution in [0.25, 0.3) is 0 Å². The molecular weight excluding hydrogens is 160 g/mol. The van der Waals surface area contributed by atoms with Crippen molar-refractivity contribution in [3.05, 3.63) is 0 Å². The molecule has 2 nitrogen and oxygen atoms in total. The Hall–Kier alpha value is 0.973. The number of nitrogens with two attached hydrogens (primary N) is 2. The Morgan fingerprint density at radius 3 is 1.50 bits per heavy atom. The van der Waals surface area contributed by atoms with E-state index in [0.29, 0.717) is 0 Å². The van der Waals surface area contributed by atoms with E-state index >= 15 is 0 Å². The van der Waals surface area contributed by atoms with E-state index in [9.17, 15) is 0 Å². The molecule has 29 valence electrons. The van der Waals surface area contributed by atoms with Crippen molar-refractivity contribution in [3.63, 3.8) is 0 Å². The Morgan fingerprint density at radius 1 is 1.50 bits per heavy atom. The second-order valence-corrected chi connectivity index (χ2v) is 4.88. The summed E-state index contributed by atoms with van der Waals surface area (Å²) >= 11 is -1.25. The van der Waals surface area contributed by atoms with Gasteiger partial charge in [0.05, 0.1) is 0 Å². The molecule has 4 heavy (non-hydrogen) atoms. The Kier molecular flexibility index (Phi) is 2.77. The third-order valence-corrected chi connectivity index (χ3v) is 0. The maximum absolute atomic E-state index is 5.00. The van der Waals surface area contributed by atoms with Gasteiger partial charge in [0, 0.05) is 0 Å². The first-order chi connectivity index (χ1) is 1.73. The first-order valence-electron chi connectivity index (χ1n) is 0.612. The first-order valence-corrected chi connectivity index (χ1v) is 6.04. The van der Waals surface area contributed by atoms with Gasteiger partial charge in [0.2, 0.25) is 0 Å². The van der Waals surface area contributed by atoms with Crippen molar-refractivity contribution in [1.29, 1.82) is 0 Å². The van der Waals surface area contributed by atoms with Crippen LogP contribution in [0.2, 0.25) is 0 Å². The summed E-state index contributed by atoms with van der Waals surface area (Å²) < 4.78 is 9.99. The first kappa shape index (κ1) is 4.97. The quantitative estimate of drug-likeness (QED) is 0.363. The molecule has 0 aromatic heterocycles. The zero-order chi connectivity index (χ0) is 3.58. The van der Waals surface area contributed by atoms with E-state index in [4.69, 9.17) is 8.95 Å². The van der Waals surface area contributed by atoms with Gasteiger partial charge < -0.3 is 0 Å². The van der Waals surface area contributed by atoms with Crippen LogP contribution >= 0.6 is 7.57 Å². The van der Waals surface area contributed by atoms with Gasteiger partial charge >= 0.3 is 32.5 Å². The molecule has 4 heteroatoms. The second kappa shape index (κ2) is 2.23. The fraction of sp³-hybridized carbons (Fsp3) is 0. The van der Waals surface area contributed by atoms with Crippen molar-refractivity contribution in [2.75, 3.05) is 0 Å². The van der Waals surface area contributed by atoms with Crippen molar-refractivity contribution in [3.8, 4) is 0 Å². The summed E-state index contributed by atoms with van der Waals surface area (Å²) in [5, 5.41) is 0. The fourth-order valence-electron chi connectivity index (χ4n) is 0. The molecule has 0 aliphatic carbocycles. The monoisotopic (exact) mass is 167 g/mol. The Bertz CT molecular complexity index is 10.8. The molecule has 0 heterocycles. The number of hydrogen-bond acceptors (Lipinski definition) is 2. The minimum atomic E-state index is -1.25. The van der Waals surface area contributed by atoms with Gasteiger partial charge in [-0.05, 0) is 0 Å². The summed E-state index contributed by atoms with van der Waals surface area (Å²) in [5.41, 5.74) is 0. The molecule has 0 aliphatic rings. The summed E-state index contributed by atoms with van der Waals surface area (Å²) in [5.74, 6) is 0. The number of hydrogen-bond donors (Lipinski definition) is 2. The second-order valence-electron chi connectivity index (χ2n) is 0.354. The molecule has 1 unspecified atom stereocenters. The Balaban J connectivity index is 2.32. The van der Waals surface area contributed by atoms with Gasteiger partial charge in [0.1, 0.15) is 0 Å². The predicted octanol–water partition coefficient (Wildman–Crippen LogP) is -0.858. The van der Waals surface area contributed by atoms with E-state index in [1.165, 1.54) is 0 Å². The van der Waals surface area contributed by atoms with Crippen molar-refractivity contribution in [1.82, 2.24) is 0 Å². The van der Waals surface area contributed by atoms with Crippen molar-refractivity contribution >= 4 is 7.57 Å². The van der Waals surface area contributed by atoms with Crippen LogP contribution in [-0.2, 0) is 15.9 Å². The van der Waals surface area contributed by atoms with Gasteiger partial charge in [-0.1, -0.05) is 0 Å². The molecule has 0 rings (SSSR count). The summed E-state index contributed by atoms with van der Waals surface area (Å²) in [6.45, 7) is 0. The molecule has 0 spiro atoms. The molecular formula is H6N2PRu. The van der Waals surface area contributed by atoms with Gasteiger partial charge in [-0.2, -0.15) is 0 Å². The van der Waals surface area contributed by atoms with E-state index in [-0.39, 0.29) is 0 Å². The van der Waals surface area contributed by atoms with Gasteiger partial charge in [0.15, 0.2) is 0 Å². The zero-order valence-electron chi connectivity index (χ0n) is 2.09. The zero-order valence-corrected chi connectivity index (χ0v) is 4.98. The van der Waals surface area contributed by atoms with Crippen LogP contribution in [0.1, 0.15) is 0 Å². The van der Waals surface area contributed by atoms with Crippen LogP contribution in [0.5, 0.6) is 0 Å². The molecule has 4 N–H and O–H groups in total. The predicted molar refractivity (Wildman–Crippen MR) is 18.1 cm³/mol. The van der Waals surface area contributed by atoms with E-state index in [1.807, 2.05) is 0 Å². The number of rotatable bonds is 0. The molecule has 0 fully saturated rings. The Morgan fingerprint density at radius 2 is 1.50 bits per heavy atom.